The average molecular weight is 562 g/mol. The van der Waals surface area contributed by atoms with Crippen LogP contribution in [0.3, 0.4) is 0 Å². The second kappa shape index (κ2) is 12.3. The highest BCUT2D eigenvalue weighted by Gasteiger charge is 2.21. The molecule has 0 spiro atoms. The lowest BCUT2D eigenvalue weighted by molar-refractivity contribution is -0.119. The first-order valence-electron chi connectivity index (χ1n) is 13.1. The van der Waals surface area contributed by atoms with Gasteiger partial charge in [0.25, 0.3) is 0 Å². The topological polar surface area (TPSA) is 123 Å². The number of nitrogens with one attached hydrogen (secondary N) is 1. The van der Waals surface area contributed by atoms with Crippen molar-refractivity contribution in [2.24, 2.45) is 0 Å². The number of rotatable bonds is 9. The van der Waals surface area contributed by atoms with Crippen molar-refractivity contribution >= 4 is 45.2 Å². The zero-order valence-electron chi connectivity index (χ0n) is 22.7. The number of fused-ring (bicyclic) bond motifs is 1. The molecular weight excluding hydrogens is 530 g/mol. The van der Waals surface area contributed by atoms with E-state index in [0.29, 0.717) is 50.2 Å². The van der Waals surface area contributed by atoms with E-state index in [1.165, 1.54) is 19.3 Å². The van der Waals surface area contributed by atoms with E-state index in [9.17, 15) is 9.59 Å². The highest BCUT2D eigenvalue weighted by molar-refractivity contribution is 7.19. The molecule has 0 saturated carbocycles. The number of benzene rings is 1. The fourth-order valence-electron chi connectivity index (χ4n) is 4.30. The Balaban J connectivity index is 1.42. The quantitative estimate of drug-likeness (QED) is 0.304. The summed E-state index contributed by atoms with van der Waals surface area (Å²) in [7, 11) is 1.91. The monoisotopic (exact) mass is 561 g/mol. The van der Waals surface area contributed by atoms with Crippen LogP contribution in [0, 0.1) is 0 Å². The number of anilines is 2. The summed E-state index contributed by atoms with van der Waals surface area (Å²) in [6.45, 7) is 7.43. The van der Waals surface area contributed by atoms with E-state index in [1.54, 1.807) is 18.3 Å². The Morgan fingerprint density at radius 1 is 1.12 bits per heavy atom. The second-order valence-electron chi connectivity index (χ2n) is 9.35. The first-order chi connectivity index (χ1) is 19.4. The summed E-state index contributed by atoms with van der Waals surface area (Å²) >= 11 is 1.65. The molecule has 0 aliphatic carbocycles. The van der Waals surface area contributed by atoms with Crippen molar-refractivity contribution in [2.75, 3.05) is 49.8 Å². The van der Waals surface area contributed by atoms with E-state index in [4.69, 9.17) is 19.4 Å². The van der Waals surface area contributed by atoms with Gasteiger partial charge in [-0.15, -0.1) is 11.3 Å². The van der Waals surface area contributed by atoms with Gasteiger partial charge in [-0.3, -0.25) is 4.79 Å². The highest BCUT2D eigenvalue weighted by Crippen LogP contribution is 2.35. The molecule has 11 nitrogen and oxygen atoms in total. The van der Waals surface area contributed by atoms with Crippen LogP contribution >= 0.6 is 11.3 Å². The zero-order valence-corrected chi connectivity index (χ0v) is 23.5. The molecule has 5 rings (SSSR count). The van der Waals surface area contributed by atoms with E-state index in [-0.39, 0.29) is 5.91 Å². The van der Waals surface area contributed by atoms with Gasteiger partial charge < -0.3 is 24.6 Å². The molecule has 0 unspecified atom stereocenters. The predicted molar refractivity (Wildman–Crippen MR) is 153 cm³/mol. The van der Waals surface area contributed by atoms with Gasteiger partial charge in [0.15, 0.2) is 11.6 Å². The third-order valence-electron chi connectivity index (χ3n) is 6.35. The number of hydrogen-bond acceptors (Lipinski definition) is 11. The van der Waals surface area contributed by atoms with Crippen LogP contribution in [0.5, 0.6) is 0 Å². The molecule has 1 aromatic carbocycles. The number of hydrogen-bond donors (Lipinski definition) is 1. The Bertz CT molecular complexity index is 1490. The summed E-state index contributed by atoms with van der Waals surface area (Å²) in [5.74, 6) is 1.56. The van der Waals surface area contributed by atoms with Gasteiger partial charge in [-0.25, -0.2) is 24.7 Å². The molecule has 0 bridgehead atoms. The van der Waals surface area contributed by atoms with Crippen molar-refractivity contribution in [1.29, 1.82) is 0 Å². The molecule has 4 heterocycles. The van der Waals surface area contributed by atoms with Crippen molar-refractivity contribution in [3.8, 4) is 11.4 Å². The number of nitrogens with zero attached hydrogens (tertiary/aromatic N) is 6. The van der Waals surface area contributed by atoms with Gasteiger partial charge in [0.05, 0.1) is 42.1 Å². The van der Waals surface area contributed by atoms with Gasteiger partial charge in [0, 0.05) is 56.4 Å². The number of morpholine rings is 1. The number of esters is 1. The SMILES string of the molecule is CCOC(=O)c1cnc(N(C)Cc2cc3nc(-c4ccc(CNC(C)=O)cc4)nc(N4CCOCC4)c3s2)nc1. The summed E-state index contributed by atoms with van der Waals surface area (Å²) in [6, 6.07) is 10.0. The molecule has 40 heavy (non-hydrogen) atoms. The predicted octanol–water partition coefficient (Wildman–Crippen LogP) is 3.43. The minimum absolute atomic E-state index is 0.0628. The summed E-state index contributed by atoms with van der Waals surface area (Å²) in [4.78, 5) is 47.1. The lowest BCUT2D eigenvalue weighted by Gasteiger charge is -2.28. The normalized spacial score (nSPS) is 13.3. The minimum atomic E-state index is -0.436. The van der Waals surface area contributed by atoms with E-state index in [0.717, 1.165) is 45.1 Å². The molecule has 3 aromatic heterocycles. The van der Waals surface area contributed by atoms with Crippen LogP contribution in [0.2, 0.25) is 0 Å². The van der Waals surface area contributed by atoms with Crippen LogP contribution in [0.4, 0.5) is 11.8 Å². The minimum Gasteiger partial charge on any atom is -0.462 e. The molecule has 0 atom stereocenters. The second-order valence-corrected chi connectivity index (χ2v) is 10.5. The molecular formula is C28H31N7O4S. The summed E-state index contributed by atoms with van der Waals surface area (Å²) in [5, 5.41) is 2.82. The van der Waals surface area contributed by atoms with Crippen molar-refractivity contribution in [3.63, 3.8) is 0 Å². The number of amides is 1. The number of carbonyl (C=O) groups is 2. The van der Waals surface area contributed by atoms with Crippen molar-refractivity contribution in [2.45, 2.75) is 26.9 Å². The Hall–Kier alpha value is -4.16. The molecule has 1 N–H and O–H groups in total. The summed E-state index contributed by atoms with van der Waals surface area (Å²) in [6.07, 6.45) is 2.97. The number of ether oxygens (including phenoxy) is 2. The van der Waals surface area contributed by atoms with Gasteiger partial charge in [-0.2, -0.15) is 0 Å². The molecule has 1 aliphatic heterocycles. The van der Waals surface area contributed by atoms with Crippen LogP contribution in [0.25, 0.3) is 21.6 Å². The fraction of sp³-hybridized carbons (Fsp3) is 0.357. The van der Waals surface area contributed by atoms with Gasteiger partial charge in [-0.1, -0.05) is 24.3 Å². The Kier molecular flexibility index (Phi) is 8.46. The van der Waals surface area contributed by atoms with Crippen LogP contribution in [-0.2, 0) is 27.4 Å². The standard InChI is InChI=1S/C28H31N7O4S/c1-4-39-27(37)21-15-30-28(31-16-21)34(3)17-22-13-23-24(40-22)26(35-9-11-38-12-10-35)33-25(32-23)20-7-5-19(6-8-20)14-29-18(2)36/h5-8,13,15-16H,4,9-12,14,17H2,1-3H3,(H,29,36). The third-order valence-corrected chi connectivity index (χ3v) is 7.46. The number of thiophene rings is 1. The lowest BCUT2D eigenvalue weighted by atomic mass is 10.1. The maximum Gasteiger partial charge on any atom is 0.341 e. The number of carbonyl (C=O) groups excluding carboxylic acids is 2. The maximum atomic E-state index is 11.9. The molecule has 1 aliphatic rings. The van der Waals surface area contributed by atoms with Crippen LogP contribution in [0.15, 0.2) is 42.7 Å². The van der Waals surface area contributed by atoms with E-state index in [1.807, 2.05) is 36.2 Å². The van der Waals surface area contributed by atoms with Gasteiger partial charge >= 0.3 is 5.97 Å². The Morgan fingerprint density at radius 2 is 1.85 bits per heavy atom. The average Bonchev–Trinajstić information content (AvgIpc) is 3.38. The summed E-state index contributed by atoms with van der Waals surface area (Å²) in [5.41, 5.74) is 3.11. The van der Waals surface area contributed by atoms with Crippen LogP contribution in [-0.4, -0.2) is 71.8 Å². The smallest absolute Gasteiger partial charge is 0.341 e. The molecule has 0 radical (unpaired) electrons. The molecule has 1 amide bonds. The molecule has 208 valence electrons. The van der Waals surface area contributed by atoms with Crippen molar-refractivity contribution in [3.05, 3.63) is 58.7 Å². The highest BCUT2D eigenvalue weighted by atomic mass is 32.1. The molecule has 1 fully saturated rings. The Labute approximate surface area is 236 Å². The van der Waals surface area contributed by atoms with Gasteiger partial charge in [-0.05, 0) is 18.6 Å². The lowest BCUT2D eigenvalue weighted by Crippen LogP contribution is -2.36. The fourth-order valence-corrected chi connectivity index (χ4v) is 5.47. The molecule has 4 aromatic rings. The largest absolute Gasteiger partial charge is 0.462 e. The third kappa shape index (κ3) is 6.35. The van der Waals surface area contributed by atoms with Gasteiger partial charge in [0.1, 0.15) is 0 Å². The van der Waals surface area contributed by atoms with Crippen LogP contribution < -0.4 is 15.1 Å². The molecule has 1 saturated heterocycles. The first kappa shape index (κ1) is 27.4. The van der Waals surface area contributed by atoms with Crippen molar-refractivity contribution < 1.29 is 19.1 Å². The zero-order chi connectivity index (χ0) is 28.1. The van der Waals surface area contributed by atoms with E-state index in [2.05, 4.69) is 26.3 Å². The molecule has 12 heteroatoms. The van der Waals surface area contributed by atoms with E-state index < -0.39 is 5.97 Å². The van der Waals surface area contributed by atoms with Crippen molar-refractivity contribution in [1.82, 2.24) is 25.3 Å². The summed E-state index contributed by atoms with van der Waals surface area (Å²) < 4.78 is 11.6. The maximum absolute atomic E-state index is 11.9. The van der Waals surface area contributed by atoms with E-state index >= 15 is 0 Å². The van der Waals surface area contributed by atoms with Crippen LogP contribution in [0.1, 0.15) is 34.6 Å². The number of aromatic nitrogens is 4. The first-order valence-corrected chi connectivity index (χ1v) is 13.9. The van der Waals surface area contributed by atoms with Gasteiger partial charge in [0.2, 0.25) is 11.9 Å². The Morgan fingerprint density at radius 3 is 2.52 bits per heavy atom.